The molecule has 1 atom stereocenters. The molecule has 2 heteroatoms. The molecule has 1 heterocycles. The lowest BCUT2D eigenvalue weighted by atomic mass is 10.1. The average Bonchev–Trinajstić information content (AvgIpc) is 2.52. The minimum absolute atomic E-state index is 0.533. The van der Waals surface area contributed by atoms with E-state index in [0.717, 1.165) is 13.2 Å². The molecule has 0 bridgehead atoms. The van der Waals surface area contributed by atoms with E-state index in [-0.39, 0.29) is 0 Å². The van der Waals surface area contributed by atoms with Crippen molar-refractivity contribution in [3.05, 3.63) is 0 Å². The quantitative estimate of drug-likeness (QED) is 0.656. The summed E-state index contributed by atoms with van der Waals surface area (Å²) < 4.78 is 5.90. The fourth-order valence-corrected chi connectivity index (χ4v) is 2.11. The lowest BCUT2D eigenvalue weighted by molar-refractivity contribution is 0.0429. The number of unbranched alkanes of at least 4 members (excludes halogenated alkanes) is 4. The van der Waals surface area contributed by atoms with Gasteiger partial charge in [0.05, 0.1) is 6.10 Å². The van der Waals surface area contributed by atoms with Crippen LogP contribution >= 0.6 is 0 Å². The molecule has 1 aliphatic heterocycles. The first-order chi connectivity index (χ1) is 7.43. The van der Waals surface area contributed by atoms with Gasteiger partial charge in [-0.15, -0.1) is 0 Å². The maximum absolute atomic E-state index is 5.90. The summed E-state index contributed by atoms with van der Waals surface area (Å²) in [4.78, 5) is 0. The summed E-state index contributed by atoms with van der Waals surface area (Å²) in [5.41, 5.74) is 0. The summed E-state index contributed by atoms with van der Waals surface area (Å²) in [6.45, 7) is 5.56. The van der Waals surface area contributed by atoms with Gasteiger partial charge < -0.3 is 10.1 Å². The van der Waals surface area contributed by atoms with E-state index >= 15 is 0 Å². The standard InChI is InChI=1S/C13H27NO/c1-2-3-4-5-6-12-15-13-8-7-10-14-11-9-13/h13-14H,2-12H2,1H3. The monoisotopic (exact) mass is 213 g/mol. The fraction of sp³-hybridized carbons (Fsp3) is 1.00. The van der Waals surface area contributed by atoms with Crippen LogP contribution in [-0.4, -0.2) is 25.8 Å². The number of nitrogens with one attached hydrogen (secondary N) is 1. The third-order valence-corrected chi connectivity index (χ3v) is 3.12. The van der Waals surface area contributed by atoms with Gasteiger partial charge in [0.2, 0.25) is 0 Å². The largest absolute Gasteiger partial charge is 0.378 e. The average molecular weight is 213 g/mol. The minimum Gasteiger partial charge on any atom is -0.378 e. The summed E-state index contributed by atoms with van der Waals surface area (Å²) in [7, 11) is 0. The Labute approximate surface area is 94.8 Å². The third-order valence-electron chi connectivity index (χ3n) is 3.12. The third kappa shape index (κ3) is 6.91. The molecule has 1 saturated heterocycles. The second-order valence-electron chi connectivity index (χ2n) is 4.59. The van der Waals surface area contributed by atoms with Crippen LogP contribution in [0.3, 0.4) is 0 Å². The van der Waals surface area contributed by atoms with E-state index in [9.17, 15) is 0 Å². The molecule has 0 radical (unpaired) electrons. The normalized spacial score (nSPS) is 22.6. The molecule has 0 aromatic rings. The van der Waals surface area contributed by atoms with Gasteiger partial charge in [-0.25, -0.2) is 0 Å². The predicted octanol–water partition coefficient (Wildman–Crippen LogP) is 3.12. The highest BCUT2D eigenvalue weighted by atomic mass is 16.5. The van der Waals surface area contributed by atoms with Crippen LogP contribution in [0.4, 0.5) is 0 Å². The van der Waals surface area contributed by atoms with Gasteiger partial charge in [-0.1, -0.05) is 32.6 Å². The number of hydrogen-bond donors (Lipinski definition) is 1. The Morgan fingerprint density at radius 2 is 1.93 bits per heavy atom. The molecule has 0 spiro atoms. The summed E-state index contributed by atoms with van der Waals surface area (Å²) in [5.74, 6) is 0. The molecule has 1 unspecified atom stereocenters. The molecule has 0 aromatic heterocycles. The maximum atomic E-state index is 5.90. The molecular weight excluding hydrogens is 186 g/mol. The van der Waals surface area contributed by atoms with Crippen LogP contribution in [0.15, 0.2) is 0 Å². The Bertz CT molecular complexity index is 130. The molecule has 0 aliphatic carbocycles. The van der Waals surface area contributed by atoms with Crippen molar-refractivity contribution in [2.45, 2.75) is 64.4 Å². The topological polar surface area (TPSA) is 21.3 Å². The van der Waals surface area contributed by atoms with Crippen molar-refractivity contribution in [1.82, 2.24) is 5.32 Å². The molecular formula is C13H27NO. The Kier molecular flexibility index (Phi) is 7.94. The Morgan fingerprint density at radius 1 is 1.07 bits per heavy atom. The lowest BCUT2D eigenvalue weighted by Gasteiger charge is -2.14. The van der Waals surface area contributed by atoms with Crippen LogP contribution in [0.1, 0.15) is 58.3 Å². The van der Waals surface area contributed by atoms with Crippen molar-refractivity contribution >= 4 is 0 Å². The van der Waals surface area contributed by atoms with Crippen molar-refractivity contribution in [2.24, 2.45) is 0 Å². The van der Waals surface area contributed by atoms with E-state index in [1.165, 1.54) is 57.9 Å². The van der Waals surface area contributed by atoms with E-state index in [0.29, 0.717) is 6.10 Å². The highest BCUT2D eigenvalue weighted by Gasteiger charge is 2.11. The summed E-state index contributed by atoms with van der Waals surface area (Å²) in [5, 5.41) is 3.42. The Balaban J connectivity index is 1.89. The SMILES string of the molecule is CCCCCCCOC1CCCNCC1. The van der Waals surface area contributed by atoms with E-state index in [1.807, 2.05) is 0 Å². The summed E-state index contributed by atoms with van der Waals surface area (Å²) in [6, 6.07) is 0. The fourth-order valence-electron chi connectivity index (χ4n) is 2.11. The zero-order valence-electron chi connectivity index (χ0n) is 10.3. The van der Waals surface area contributed by atoms with E-state index in [1.54, 1.807) is 0 Å². The molecule has 1 N–H and O–H groups in total. The summed E-state index contributed by atoms with van der Waals surface area (Å²) >= 11 is 0. The molecule has 1 aliphatic rings. The van der Waals surface area contributed by atoms with Crippen LogP contribution in [0.2, 0.25) is 0 Å². The van der Waals surface area contributed by atoms with Crippen LogP contribution in [0.25, 0.3) is 0 Å². The zero-order chi connectivity index (χ0) is 10.8. The second kappa shape index (κ2) is 9.17. The molecule has 0 aromatic carbocycles. The second-order valence-corrected chi connectivity index (χ2v) is 4.59. The number of rotatable bonds is 7. The van der Waals surface area contributed by atoms with Gasteiger partial charge in [0, 0.05) is 6.61 Å². The molecule has 1 fully saturated rings. The first kappa shape index (κ1) is 13.0. The number of hydrogen-bond acceptors (Lipinski definition) is 2. The van der Waals surface area contributed by atoms with Gasteiger partial charge in [-0.2, -0.15) is 0 Å². The van der Waals surface area contributed by atoms with E-state index in [2.05, 4.69) is 12.2 Å². The zero-order valence-corrected chi connectivity index (χ0v) is 10.3. The molecule has 0 saturated carbocycles. The van der Waals surface area contributed by atoms with Gasteiger partial charge >= 0.3 is 0 Å². The van der Waals surface area contributed by atoms with Crippen LogP contribution < -0.4 is 5.32 Å². The van der Waals surface area contributed by atoms with Crippen molar-refractivity contribution in [3.8, 4) is 0 Å². The number of ether oxygens (including phenoxy) is 1. The lowest BCUT2D eigenvalue weighted by Crippen LogP contribution is -2.17. The van der Waals surface area contributed by atoms with Gasteiger partial charge in [0.1, 0.15) is 0 Å². The Hall–Kier alpha value is -0.0800. The van der Waals surface area contributed by atoms with Gasteiger partial charge in [0.25, 0.3) is 0 Å². The molecule has 90 valence electrons. The first-order valence-electron chi connectivity index (χ1n) is 6.76. The van der Waals surface area contributed by atoms with Gasteiger partial charge in [-0.05, 0) is 38.8 Å². The highest BCUT2D eigenvalue weighted by Crippen LogP contribution is 2.11. The summed E-state index contributed by atoms with van der Waals surface area (Å²) in [6.07, 6.45) is 11.0. The van der Waals surface area contributed by atoms with Crippen molar-refractivity contribution < 1.29 is 4.74 Å². The molecule has 15 heavy (non-hydrogen) atoms. The van der Waals surface area contributed by atoms with Crippen molar-refractivity contribution in [1.29, 1.82) is 0 Å². The van der Waals surface area contributed by atoms with Crippen LogP contribution in [-0.2, 0) is 4.74 Å². The first-order valence-corrected chi connectivity index (χ1v) is 6.76. The van der Waals surface area contributed by atoms with Gasteiger partial charge in [-0.3, -0.25) is 0 Å². The van der Waals surface area contributed by atoms with Crippen LogP contribution in [0, 0.1) is 0 Å². The van der Waals surface area contributed by atoms with E-state index in [4.69, 9.17) is 4.74 Å². The highest BCUT2D eigenvalue weighted by molar-refractivity contribution is 4.66. The Morgan fingerprint density at radius 3 is 2.80 bits per heavy atom. The minimum atomic E-state index is 0.533. The van der Waals surface area contributed by atoms with E-state index < -0.39 is 0 Å². The van der Waals surface area contributed by atoms with Crippen molar-refractivity contribution in [3.63, 3.8) is 0 Å². The van der Waals surface area contributed by atoms with Crippen LogP contribution in [0.5, 0.6) is 0 Å². The predicted molar refractivity (Wildman–Crippen MR) is 65.2 cm³/mol. The van der Waals surface area contributed by atoms with Crippen molar-refractivity contribution in [2.75, 3.05) is 19.7 Å². The maximum Gasteiger partial charge on any atom is 0.0587 e. The molecule has 1 rings (SSSR count). The van der Waals surface area contributed by atoms with Gasteiger partial charge in [0.15, 0.2) is 0 Å². The molecule has 0 amide bonds. The smallest absolute Gasteiger partial charge is 0.0587 e. The molecule has 2 nitrogen and oxygen atoms in total.